The van der Waals surface area contributed by atoms with E-state index in [-0.39, 0.29) is 54.8 Å². The van der Waals surface area contributed by atoms with Crippen LogP contribution in [0.25, 0.3) is 22.3 Å². The second-order valence-electron chi connectivity index (χ2n) is 17.3. The number of ether oxygens (including phenoxy) is 2. The first-order chi connectivity index (χ1) is 34.6. The molecule has 0 fully saturated rings. The molecule has 7 aromatic carbocycles. The summed E-state index contributed by atoms with van der Waals surface area (Å²) in [5.41, 5.74) is 9.76. The Morgan fingerprint density at radius 2 is 0.817 bits per heavy atom. The lowest BCUT2D eigenvalue weighted by Crippen LogP contribution is -2.46. The fourth-order valence-electron chi connectivity index (χ4n) is 9.30. The summed E-state index contributed by atoms with van der Waals surface area (Å²) in [6.07, 6.45) is -1.54. The molecule has 14 heteroatoms. The molecule has 0 spiro atoms. The summed E-state index contributed by atoms with van der Waals surface area (Å²) >= 11 is 0. The smallest absolute Gasteiger partial charge is 0.407 e. The van der Waals surface area contributed by atoms with Gasteiger partial charge in [0, 0.05) is 41.6 Å². The fraction of sp³-hybridized carbons (Fsp3) is 0.158. The molecule has 356 valence electrons. The number of hydrogen-bond donors (Lipinski definition) is 6. The van der Waals surface area contributed by atoms with Crippen LogP contribution in [0.4, 0.5) is 21.0 Å². The van der Waals surface area contributed by atoms with Gasteiger partial charge >= 0.3 is 18.2 Å². The summed E-state index contributed by atoms with van der Waals surface area (Å²) in [5, 5.41) is 22.6. The van der Waals surface area contributed by atoms with Gasteiger partial charge in [0.25, 0.3) is 5.91 Å². The third-order valence-corrected chi connectivity index (χ3v) is 12.6. The quantitative estimate of drug-likeness (QED) is 0.0517. The zero-order chi connectivity index (χ0) is 49.3. The van der Waals surface area contributed by atoms with Crippen molar-refractivity contribution >= 4 is 47.3 Å². The Hall–Kier alpha value is -9.04. The summed E-state index contributed by atoms with van der Waals surface area (Å²) < 4.78 is 11.6. The Bertz CT molecular complexity index is 2840. The van der Waals surface area contributed by atoms with E-state index >= 15 is 0 Å². The van der Waals surface area contributed by atoms with E-state index in [0.717, 1.165) is 55.6 Å². The molecule has 0 aliphatic heterocycles. The Morgan fingerprint density at radius 1 is 0.465 bits per heavy atom. The third-order valence-electron chi connectivity index (χ3n) is 12.6. The van der Waals surface area contributed by atoms with Crippen molar-refractivity contribution in [3.8, 4) is 22.3 Å². The molecule has 9 rings (SSSR count). The van der Waals surface area contributed by atoms with E-state index in [4.69, 9.17) is 9.47 Å². The predicted octanol–water partition coefficient (Wildman–Crippen LogP) is 8.68. The van der Waals surface area contributed by atoms with Crippen LogP contribution in [0.5, 0.6) is 0 Å². The summed E-state index contributed by atoms with van der Waals surface area (Å²) in [7, 11) is 0. The van der Waals surface area contributed by atoms with Crippen LogP contribution < -0.4 is 26.6 Å². The average Bonchev–Trinajstić information content (AvgIpc) is 3.88. The maximum atomic E-state index is 14.3. The number of carboxylic acids is 1. The molecule has 0 unspecified atom stereocenters. The second kappa shape index (κ2) is 21.5. The molecule has 2 aliphatic carbocycles. The van der Waals surface area contributed by atoms with E-state index in [1.165, 1.54) is 18.2 Å². The van der Waals surface area contributed by atoms with Gasteiger partial charge in [-0.25, -0.2) is 9.59 Å². The number of anilines is 2. The van der Waals surface area contributed by atoms with Crippen LogP contribution in [-0.4, -0.2) is 72.8 Å². The van der Waals surface area contributed by atoms with E-state index in [0.29, 0.717) is 0 Å². The number of carbonyl (C=O) groups is 6. The zero-order valence-corrected chi connectivity index (χ0v) is 38.3. The average molecular weight is 948 g/mol. The van der Waals surface area contributed by atoms with Crippen molar-refractivity contribution in [1.82, 2.24) is 16.0 Å². The molecule has 0 radical (unpaired) electrons. The van der Waals surface area contributed by atoms with Gasteiger partial charge in [-0.3, -0.25) is 19.2 Å². The van der Waals surface area contributed by atoms with Crippen molar-refractivity contribution in [2.45, 2.75) is 36.8 Å². The highest BCUT2D eigenvalue weighted by Crippen LogP contribution is 2.45. The normalized spacial score (nSPS) is 13.0. The van der Waals surface area contributed by atoms with Crippen molar-refractivity contribution in [2.24, 2.45) is 0 Å². The first kappa shape index (κ1) is 47.0. The molecule has 0 aromatic heterocycles. The minimum atomic E-state index is -1.29. The Labute approximate surface area is 409 Å². The molecule has 6 N–H and O–H groups in total. The van der Waals surface area contributed by atoms with Crippen molar-refractivity contribution < 1.29 is 43.3 Å². The van der Waals surface area contributed by atoms with Crippen LogP contribution >= 0.6 is 0 Å². The first-order valence-corrected chi connectivity index (χ1v) is 23.2. The molecule has 71 heavy (non-hydrogen) atoms. The van der Waals surface area contributed by atoms with Gasteiger partial charge in [-0.1, -0.05) is 158 Å². The lowest BCUT2D eigenvalue weighted by molar-refractivity contribution is -0.135. The second-order valence-corrected chi connectivity index (χ2v) is 17.3. The Morgan fingerprint density at radius 3 is 1.18 bits per heavy atom. The van der Waals surface area contributed by atoms with Crippen LogP contribution in [0.3, 0.4) is 0 Å². The lowest BCUT2D eigenvalue weighted by atomic mass is 9.98. The number of amides is 5. The van der Waals surface area contributed by atoms with Crippen LogP contribution in [-0.2, 0) is 36.7 Å². The Balaban J connectivity index is 0.929. The predicted molar refractivity (Wildman–Crippen MR) is 268 cm³/mol. The number of benzene rings is 7. The number of aliphatic carboxylic acids is 1. The standard InChI is InChI=1S/C57H49N5O9/c63-52(64)32-58-53(65)37-29-38(59-54(66)50(27-35-15-3-1-4-16-35)61-56(68)70-33-48-44-23-11-7-19-40(44)41-20-8-12-24-45(41)48)31-39(30-37)60-55(67)51(28-36-17-5-2-6-18-36)62-57(69)71-34-49-46-25-13-9-21-42(46)43-22-10-14-26-47(43)49/h1-26,29-31,48-51H,27-28,32-34H2,(H,58,65)(H,59,66)(H,60,67)(H,61,68)(H,62,69)(H,63,64)/t50-,51-/m0/s1. The lowest BCUT2D eigenvalue weighted by Gasteiger charge is -2.21. The minimum Gasteiger partial charge on any atom is -0.480 e. The molecule has 0 saturated carbocycles. The minimum absolute atomic E-state index is 0.0114. The monoisotopic (exact) mass is 947 g/mol. The molecule has 2 atom stereocenters. The van der Waals surface area contributed by atoms with E-state index in [1.807, 2.05) is 133 Å². The highest BCUT2D eigenvalue weighted by atomic mass is 16.6. The van der Waals surface area contributed by atoms with Crippen molar-refractivity contribution in [2.75, 3.05) is 30.4 Å². The third kappa shape index (κ3) is 11.1. The van der Waals surface area contributed by atoms with Gasteiger partial charge in [-0.2, -0.15) is 0 Å². The first-order valence-electron chi connectivity index (χ1n) is 23.2. The SMILES string of the molecule is O=C(O)CNC(=O)c1cc(NC(=O)[C@H](Cc2ccccc2)NC(=O)OCC2c3ccccc3-c3ccccc32)cc(NC(=O)[C@H](Cc2ccccc2)NC(=O)OCC2c3ccccc3-c3ccccc32)c1. The van der Waals surface area contributed by atoms with Gasteiger partial charge in [0.15, 0.2) is 0 Å². The number of carboxylic acid groups (broad SMARTS) is 1. The summed E-state index contributed by atoms with van der Waals surface area (Å²) in [6, 6.07) is 51.5. The van der Waals surface area contributed by atoms with Crippen molar-refractivity contribution in [1.29, 1.82) is 0 Å². The Kier molecular flexibility index (Phi) is 14.2. The summed E-state index contributed by atoms with van der Waals surface area (Å²) in [5.74, 6) is -3.90. The number of fused-ring (bicyclic) bond motifs is 6. The molecular formula is C57H49N5O9. The molecule has 0 heterocycles. The number of nitrogens with one attached hydrogen (secondary N) is 5. The van der Waals surface area contributed by atoms with Gasteiger partial charge in [-0.15, -0.1) is 0 Å². The molecule has 7 aromatic rings. The van der Waals surface area contributed by atoms with E-state index < -0.39 is 54.5 Å². The molecule has 0 saturated heterocycles. The number of rotatable bonds is 17. The number of hydrogen-bond acceptors (Lipinski definition) is 8. The molecule has 5 amide bonds. The molecular weight excluding hydrogens is 899 g/mol. The van der Waals surface area contributed by atoms with E-state index in [2.05, 4.69) is 26.6 Å². The highest BCUT2D eigenvalue weighted by Gasteiger charge is 2.32. The van der Waals surface area contributed by atoms with Crippen LogP contribution in [0.15, 0.2) is 176 Å². The maximum absolute atomic E-state index is 14.3. The van der Waals surface area contributed by atoms with E-state index in [1.54, 1.807) is 24.3 Å². The number of alkyl carbamates (subject to hydrolysis) is 2. The summed E-state index contributed by atoms with van der Waals surface area (Å²) in [6.45, 7) is -0.682. The number of carbonyl (C=O) groups excluding carboxylic acids is 5. The summed E-state index contributed by atoms with van der Waals surface area (Å²) in [4.78, 5) is 80.6. The maximum Gasteiger partial charge on any atom is 0.407 e. The zero-order valence-electron chi connectivity index (χ0n) is 38.3. The highest BCUT2D eigenvalue weighted by molar-refractivity contribution is 6.03. The van der Waals surface area contributed by atoms with Crippen LogP contribution in [0, 0.1) is 0 Å². The van der Waals surface area contributed by atoms with Gasteiger partial charge in [-0.05, 0) is 73.8 Å². The van der Waals surface area contributed by atoms with Gasteiger partial charge in [0.1, 0.15) is 31.8 Å². The molecule has 0 bridgehead atoms. The van der Waals surface area contributed by atoms with Crippen molar-refractivity contribution in [3.63, 3.8) is 0 Å². The fourth-order valence-corrected chi connectivity index (χ4v) is 9.30. The molecule has 2 aliphatic rings. The molecule has 14 nitrogen and oxygen atoms in total. The van der Waals surface area contributed by atoms with Gasteiger partial charge in [0.05, 0.1) is 0 Å². The van der Waals surface area contributed by atoms with Gasteiger partial charge < -0.3 is 41.2 Å². The van der Waals surface area contributed by atoms with Crippen molar-refractivity contribution in [3.05, 3.63) is 215 Å². The van der Waals surface area contributed by atoms with Crippen LogP contribution in [0.1, 0.15) is 55.6 Å². The van der Waals surface area contributed by atoms with Gasteiger partial charge in [0.2, 0.25) is 11.8 Å². The topological polar surface area (TPSA) is 201 Å². The van der Waals surface area contributed by atoms with E-state index in [9.17, 15) is 33.9 Å². The van der Waals surface area contributed by atoms with Crippen LogP contribution in [0.2, 0.25) is 0 Å². The largest absolute Gasteiger partial charge is 0.480 e.